The predicted octanol–water partition coefficient (Wildman–Crippen LogP) is -2.40. The van der Waals surface area contributed by atoms with Crippen molar-refractivity contribution in [1.29, 1.82) is 0 Å². The molecular weight excluding hydrogens is 624 g/mol. The molecule has 1 amide bonds. The Morgan fingerprint density at radius 1 is 1.13 bits per heavy atom. The quantitative estimate of drug-likeness (QED) is 0.0407. The second-order valence-corrected chi connectivity index (χ2v) is 13.9. The van der Waals surface area contributed by atoms with Crippen molar-refractivity contribution in [3.63, 3.8) is 0 Å². The second kappa shape index (κ2) is 16.7. The number of carbonyl (C=O) groups is 2. The molecule has 0 radical (unpaired) electrons. The van der Waals surface area contributed by atoms with E-state index in [-0.39, 0.29) is 49.1 Å². The first-order valence-corrected chi connectivity index (χ1v) is 16.9. The summed E-state index contributed by atoms with van der Waals surface area (Å²) in [4.78, 5) is 32.5. The number of nitrogens with one attached hydrogen (secondary N) is 2. The molecule has 1 aromatic carbocycles. The Morgan fingerprint density at radius 2 is 1.83 bits per heavy atom. The van der Waals surface area contributed by atoms with Crippen molar-refractivity contribution in [3.8, 4) is 0 Å². The summed E-state index contributed by atoms with van der Waals surface area (Å²) in [6.07, 6.45) is -5.73. The lowest BCUT2D eigenvalue weighted by Gasteiger charge is -2.39. The number of guanidine groups is 1. The van der Waals surface area contributed by atoms with Gasteiger partial charge in [0.2, 0.25) is 15.9 Å². The van der Waals surface area contributed by atoms with Crippen LogP contribution in [0.25, 0.3) is 0 Å². The molecule has 1 fully saturated rings. The number of sulfonamides is 1. The minimum atomic E-state index is -4.24. The second-order valence-electron chi connectivity index (χ2n) is 12.2. The SMILES string of the molecule is CC1CNc2c(cccc2S(=O)(=O)N[C@@H](CCCN=C(N)N)C(=O)N2CC[C@@H](C)C[C@@H]2C(=O)OCC(O)C(O)C(O)C(O)CO)C1. The van der Waals surface area contributed by atoms with Crippen molar-refractivity contribution in [3.05, 3.63) is 23.8 Å². The number of aliphatic imine (C=N–C) groups is 1. The van der Waals surface area contributed by atoms with Crippen LogP contribution < -0.4 is 21.5 Å². The number of likely N-dealkylation sites (tertiary alicyclic amines) is 1. The van der Waals surface area contributed by atoms with Crippen LogP contribution in [0.3, 0.4) is 0 Å². The lowest BCUT2D eigenvalue weighted by Crippen LogP contribution is -2.57. The number of rotatable bonds is 15. The fourth-order valence-electron chi connectivity index (χ4n) is 5.64. The highest BCUT2D eigenvalue weighted by Gasteiger charge is 2.41. The molecule has 46 heavy (non-hydrogen) atoms. The number of benzene rings is 1. The molecule has 0 aromatic heterocycles. The Kier molecular flexibility index (Phi) is 13.6. The number of aliphatic hydroxyl groups excluding tert-OH is 5. The number of ether oxygens (including phenoxy) is 1. The van der Waals surface area contributed by atoms with Gasteiger partial charge >= 0.3 is 5.97 Å². The number of piperidine rings is 1. The summed E-state index contributed by atoms with van der Waals surface area (Å²) < 4.78 is 35.3. The van der Waals surface area contributed by atoms with Crippen molar-refractivity contribution in [2.75, 3.05) is 38.2 Å². The number of nitrogens with two attached hydrogens (primary N) is 2. The maximum Gasteiger partial charge on any atom is 0.328 e. The fourth-order valence-corrected chi connectivity index (χ4v) is 7.09. The van der Waals surface area contributed by atoms with Gasteiger partial charge in [-0.3, -0.25) is 9.79 Å². The van der Waals surface area contributed by atoms with Crippen LogP contribution in [0.1, 0.15) is 45.1 Å². The van der Waals surface area contributed by atoms with Gasteiger partial charge in [0.1, 0.15) is 48.0 Å². The van der Waals surface area contributed by atoms with E-state index in [9.17, 15) is 38.4 Å². The predicted molar refractivity (Wildman–Crippen MR) is 168 cm³/mol. The van der Waals surface area contributed by atoms with E-state index < -0.39 is 71.6 Å². The molecule has 16 nitrogen and oxygen atoms in total. The van der Waals surface area contributed by atoms with Crippen LogP contribution in [0.5, 0.6) is 0 Å². The van der Waals surface area contributed by atoms with Crippen LogP contribution in [0.15, 0.2) is 28.1 Å². The zero-order chi connectivity index (χ0) is 34.2. The normalized spacial score (nSPS) is 23.2. The Labute approximate surface area is 268 Å². The first-order chi connectivity index (χ1) is 21.7. The molecule has 0 bridgehead atoms. The Bertz CT molecular complexity index is 1330. The number of para-hydroxylation sites is 1. The van der Waals surface area contributed by atoms with E-state index >= 15 is 0 Å². The third kappa shape index (κ3) is 9.73. The third-order valence-corrected chi connectivity index (χ3v) is 9.79. The molecule has 17 heteroatoms. The van der Waals surface area contributed by atoms with Gasteiger partial charge < -0.3 is 52.0 Å². The molecule has 2 aliphatic rings. The first kappa shape index (κ1) is 37.4. The highest BCUT2D eigenvalue weighted by atomic mass is 32.2. The van der Waals surface area contributed by atoms with Crippen LogP contribution in [0.2, 0.25) is 0 Å². The van der Waals surface area contributed by atoms with Crippen molar-refractivity contribution < 1.29 is 48.3 Å². The van der Waals surface area contributed by atoms with E-state index in [1.165, 1.54) is 11.0 Å². The van der Waals surface area contributed by atoms with Gasteiger partial charge in [0.25, 0.3) is 0 Å². The number of anilines is 1. The van der Waals surface area contributed by atoms with Crippen molar-refractivity contribution >= 4 is 33.5 Å². The molecule has 0 spiro atoms. The molecule has 8 atom stereocenters. The smallest absolute Gasteiger partial charge is 0.328 e. The van der Waals surface area contributed by atoms with Crippen molar-refractivity contribution in [2.45, 2.75) is 87.3 Å². The Balaban J connectivity index is 1.83. The monoisotopic (exact) mass is 672 g/mol. The lowest BCUT2D eigenvalue weighted by atomic mass is 9.91. The molecular formula is C29H48N6O10S. The average molecular weight is 673 g/mol. The van der Waals surface area contributed by atoms with E-state index in [4.69, 9.17) is 21.3 Å². The van der Waals surface area contributed by atoms with Crippen molar-refractivity contribution in [2.24, 2.45) is 28.3 Å². The van der Waals surface area contributed by atoms with E-state index in [0.717, 1.165) is 5.56 Å². The average Bonchev–Trinajstić information content (AvgIpc) is 3.02. The van der Waals surface area contributed by atoms with Crippen LogP contribution in [0, 0.1) is 11.8 Å². The van der Waals surface area contributed by atoms with Crippen LogP contribution in [-0.4, -0.2) is 126 Å². The summed E-state index contributed by atoms with van der Waals surface area (Å²) in [7, 11) is -4.24. The summed E-state index contributed by atoms with van der Waals surface area (Å²) in [5.74, 6) is -1.40. The number of amides is 1. The molecule has 11 N–H and O–H groups in total. The molecule has 260 valence electrons. The van der Waals surface area contributed by atoms with Gasteiger partial charge in [-0.15, -0.1) is 0 Å². The fraction of sp³-hybridized carbons (Fsp3) is 0.690. The summed E-state index contributed by atoms with van der Waals surface area (Å²) in [6.45, 7) is 3.13. The van der Waals surface area contributed by atoms with Crippen LogP contribution >= 0.6 is 0 Å². The molecule has 1 saturated heterocycles. The maximum atomic E-state index is 14.0. The summed E-state index contributed by atoms with van der Waals surface area (Å²) in [6, 6.07) is 2.54. The number of aliphatic hydroxyl groups is 5. The number of hydrogen-bond acceptors (Lipinski definition) is 12. The standard InChI is InChI=1S/C29H48N6O10S/c1-16-8-10-35(20(12-16)28(42)45-15-22(38)26(40)25(39)21(37)14-36)27(41)19(6-4-9-32-29(30)31)34-46(43,44)23-7-3-5-18-11-17(2)13-33-24(18)23/h3,5,7,16-17,19-22,25-26,33-34,36-40H,4,6,8-15H2,1-2H3,(H4,30,31,32)/t16-,17?,19+,20-,21?,22?,25?,26?/m1/s1. The van der Waals surface area contributed by atoms with Gasteiger partial charge in [0.15, 0.2) is 5.96 Å². The number of nitrogens with zero attached hydrogens (tertiary/aromatic N) is 2. The zero-order valence-corrected chi connectivity index (χ0v) is 27.0. The molecule has 0 saturated carbocycles. The number of carbonyl (C=O) groups excluding carboxylic acids is 2. The largest absolute Gasteiger partial charge is 0.461 e. The molecule has 2 aliphatic heterocycles. The van der Waals surface area contributed by atoms with Gasteiger partial charge in [0, 0.05) is 19.6 Å². The van der Waals surface area contributed by atoms with Crippen molar-refractivity contribution in [1.82, 2.24) is 9.62 Å². The maximum absolute atomic E-state index is 14.0. The van der Waals surface area contributed by atoms with Gasteiger partial charge in [0.05, 0.1) is 12.3 Å². The Hall–Kier alpha value is -3.06. The summed E-state index contributed by atoms with van der Waals surface area (Å²) >= 11 is 0. The van der Waals surface area contributed by atoms with E-state index in [1.807, 2.05) is 13.0 Å². The van der Waals surface area contributed by atoms with Gasteiger partial charge in [-0.05, 0) is 55.6 Å². The first-order valence-electron chi connectivity index (χ1n) is 15.4. The molecule has 2 heterocycles. The Morgan fingerprint density at radius 3 is 2.50 bits per heavy atom. The lowest BCUT2D eigenvalue weighted by molar-refractivity contribution is -0.166. The molecule has 3 rings (SSSR count). The van der Waals surface area contributed by atoms with E-state index in [1.54, 1.807) is 6.07 Å². The molecule has 1 aromatic rings. The molecule has 5 unspecified atom stereocenters. The van der Waals surface area contributed by atoms with Crippen LogP contribution in [0.4, 0.5) is 5.69 Å². The van der Waals surface area contributed by atoms with E-state index in [0.29, 0.717) is 31.0 Å². The summed E-state index contributed by atoms with van der Waals surface area (Å²) in [5, 5.41) is 51.8. The molecule has 0 aliphatic carbocycles. The van der Waals surface area contributed by atoms with E-state index in [2.05, 4.69) is 22.0 Å². The third-order valence-electron chi connectivity index (χ3n) is 8.28. The number of esters is 1. The minimum Gasteiger partial charge on any atom is -0.461 e. The summed E-state index contributed by atoms with van der Waals surface area (Å²) in [5.41, 5.74) is 12.2. The van der Waals surface area contributed by atoms with Gasteiger partial charge in [-0.2, -0.15) is 4.72 Å². The zero-order valence-electron chi connectivity index (χ0n) is 26.2. The topological polar surface area (TPSA) is 270 Å². The highest BCUT2D eigenvalue weighted by molar-refractivity contribution is 7.89. The number of fused-ring (bicyclic) bond motifs is 1. The highest BCUT2D eigenvalue weighted by Crippen LogP contribution is 2.32. The minimum absolute atomic E-state index is 0.0000435. The van der Waals surface area contributed by atoms with Crippen LogP contribution in [-0.2, 0) is 30.8 Å². The van der Waals surface area contributed by atoms with Gasteiger partial charge in [-0.1, -0.05) is 26.0 Å². The van der Waals surface area contributed by atoms with Gasteiger partial charge in [-0.25, -0.2) is 13.2 Å². The number of hydrogen-bond donors (Lipinski definition) is 9.